The van der Waals surface area contributed by atoms with Crippen LogP contribution in [0, 0.1) is 0 Å². The molecule has 0 bridgehead atoms. The van der Waals surface area contributed by atoms with Crippen molar-refractivity contribution in [2.24, 2.45) is 7.05 Å². The molecule has 1 aromatic carbocycles. The number of rotatable bonds is 4. The molecular formula is C22H26N4O5. The molecule has 164 valence electrons. The van der Waals surface area contributed by atoms with Gasteiger partial charge in [-0.05, 0) is 38.8 Å². The molecule has 31 heavy (non-hydrogen) atoms. The number of amides is 1. The fourth-order valence-corrected chi connectivity index (χ4v) is 4.23. The molecule has 3 heterocycles. The maximum Gasteiger partial charge on any atom is 0.349 e. The normalized spacial score (nSPS) is 16.8. The standard InChI is InChI=1S/C22H26N4O5/c1-13(2)26-19(23-24(3)22(26)29)15-8-6-10-25(12-15)20(27)16-11-14-7-5-9-17(30-4)18(14)31-21(16)28/h5,7,9,11,13,15H,6,8,10,12H2,1-4H3. The Kier molecular flexibility index (Phi) is 5.43. The topological polar surface area (TPSA) is 99.6 Å². The molecule has 0 aliphatic carbocycles. The average molecular weight is 426 g/mol. The molecule has 0 radical (unpaired) electrons. The van der Waals surface area contributed by atoms with Crippen molar-refractivity contribution < 1.29 is 13.9 Å². The lowest BCUT2D eigenvalue weighted by molar-refractivity contribution is 0.0698. The zero-order valence-electron chi connectivity index (χ0n) is 18.1. The van der Waals surface area contributed by atoms with E-state index in [4.69, 9.17) is 9.15 Å². The molecule has 4 rings (SSSR count). The number of benzene rings is 1. The molecular weight excluding hydrogens is 400 g/mol. The van der Waals surface area contributed by atoms with Gasteiger partial charge in [-0.1, -0.05) is 12.1 Å². The molecule has 1 saturated heterocycles. The predicted molar refractivity (Wildman–Crippen MR) is 115 cm³/mol. The van der Waals surface area contributed by atoms with E-state index >= 15 is 0 Å². The number of fused-ring (bicyclic) bond motifs is 1. The van der Waals surface area contributed by atoms with Crippen LogP contribution >= 0.6 is 0 Å². The van der Waals surface area contributed by atoms with Gasteiger partial charge in [0, 0.05) is 37.5 Å². The van der Waals surface area contributed by atoms with E-state index < -0.39 is 5.63 Å². The van der Waals surface area contributed by atoms with E-state index in [1.165, 1.54) is 11.8 Å². The fourth-order valence-electron chi connectivity index (χ4n) is 4.23. The SMILES string of the molecule is COc1cccc2cc(C(=O)N3CCCC(c4nn(C)c(=O)n4C(C)C)C3)c(=O)oc12. The van der Waals surface area contributed by atoms with E-state index in [0.29, 0.717) is 35.6 Å². The van der Waals surface area contributed by atoms with Crippen LogP contribution in [0.1, 0.15) is 54.8 Å². The number of carbonyl (C=O) groups is 1. The predicted octanol–water partition coefficient (Wildman–Crippen LogP) is 2.30. The smallest absolute Gasteiger partial charge is 0.349 e. The highest BCUT2D eigenvalue weighted by Crippen LogP contribution is 2.28. The van der Waals surface area contributed by atoms with Crippen molar-refractivity contribution in [1.29, 1.82) is 0 Å². The zero-order chi connectivity index (χ0) is 22.3. The van der Waals surface area contributed by atoms with E-state index in [1.807, 2.05) is 13.8 Å². The summed E-state index contributed by atoms with van der Waals surface area (Å²) in [4.78, 5) is 39.9. The Morgan fingerprint density at radius 1 is 1.29 bits per heavy atom. The van der Waals surface area contributed by atoms with Crippen molar-refractivity contribution in [3.05, 3.63) is 56.6 Å². The van der Waals surface area contributed by atoms with Crippen LogP contribution in [0.2, 0.25) is 0 Å². The third-order valence-corrected chi connectivity index (χ3v) is 5.75. The number of likely N-dealkylation sites (tertiary alicyclic amines) is 1. The summed E-state index contributed by atoms with van der Waals surface area (Å²) in [7, 11) is 3.13. The Labute approximate surface area is 178 Å². The molecule has 1 atom stereocenters. The molecule has 1 aliphatic heterocycles. The Morgan fingerprint density at radius 2 is 2.06 bits per heavy atom. The van der Waals surface area contributed by atoms with Gasteiger partial charge in [0.2, 0.25) is 0 Å². The van der Waals surface area contributed by atoms with Gasteiger partial charge < -0.3 is 14.1 Å². The summed E-state index contributed by atoms with van der Waals surface area (Å²) < 4.78 is 13.7. The Hall–Kier alpha value is -3.36. The molecule has 2 aromatic heterocycles. The number of aryl methyl sites for hydroxylation is 1. The van der Waals surface area contributed by atoms with Crippen LogP contribution in [0.5, 0.6) is 5.75 Å². The fraction of sp³-hybridized carbons (Fsp3) is 0.455. The second-order valence-corrected chi connectivity index (χ2v) is 8.14. The molecule has 3 aromatic rings. The molecule has 0 spiro atoms. The molecule has 1 fully saturated rings. The van der Waals surface area contributed by atoms with Gasteiger partial charge in [-0.25, -0.2) is 14.3 Å². The van der Waals surface area contributed by atoms with Gasteiger partial charge >= 0.3 is 11.3 Å². The van der Waals surface area contributed by atoms with Crippen LogP contribution in [-0.4, -0.2) is 45.4 Å². The molecule has 0 saturated carbocycles. The first-order chi connectivity index (χ1) is 14.8. The van der Waals surface area contributed by atoms with E-state index in [9.17, 15) is 14.4 Å². The molecule has 1 unspecified atom stereocenters. The van der Waals surface area contributed by atoms with Gasteiger partial charge in [-0.15, -0.1) is 0 Å². The van der Waals surface area contributed by atoms with Crippen LogP contribution in [0.4, 0.5) is 0 Å². The third-order valence-electron chi connectivity index (χ3n) is 5.75. The van der Waals surface area contributed by atoms with Gasteiger partial charge in [0.05, 0.1) is 7.11 Å². The first-order valence-electron chi connectivity index (χ1n) is 10.4. The summed E-state index contributed by atoms with van der Waals surface area (Å²) in [6.07, 6.45) is 1.57. The summed E-state index contributed by atoms with van der Waals surface area (Å²) in [6, 6.07) is 6.76. The van der Waals surface area contributed by atoms with Gasteiger partial charge in [0.1, 0.15) is 11.4 Å². The van der Waals surface area contributed by atoms with Crippen LogP contribution in [0.3, 0.4) is 0 Å². The molecule has 1 aliphatic rings. The van der Waals surface area contributed by atoms with Gasteiger partial charge in [-0.2, -0.15) is 5.10 Å². The summed E-state index contributed by atoms with van der Waals surface area (Å²) in [5, 5.41) is 5.05. The Balaban J connectivity index is 1.66. The van der Waals surface area contributed by atoms with Crippen LogP contribution < -0.4 is 16.1 Å². The second-order valence-electron chi connectivity index (χ2n) is 8.14. The number of piperidine rings is 1. The molecule has 0 N–H and O–H groups in total. The third kappa shape index (κ3) is 3.64. The van der Waals surface area contributed by atoms with Crippen LogP contribution in [0.25, 0.3) is 11.0 Å². The number of hydrogen-bond acceptors (Lipinski definition) is 6. The Morgan fingerprint density at radius 3 is 2.77 bits per heavy atom. The highest BCUT2D eigenvalue weighted by atomic mass is 16.5. The lowest BCUT2D eigenvalue weighted by Crippen LogP contribution is -2.41. The largest absolute Gasteiger partial charge is 0.493 e. The summed E-state index contributed by atoms with van der Waals surface area (Å²) in [5.41, 5.74) is -0.556. The van der Waals surface area contributed by atoms with Crippen molar-refractivity contribution >= 4 is 16.9 Å². The number of aromatic nitrogens is 3. The lowest BCUT2D eigenvalue weighted by atomic mass is 9.96. The molecule has 9 nitrogen and oxygen atoms in total. The number of nitrogens with zero attached hydrogens (tertiary/aromatic N) is 4. The minimum absolute atomic E-state index is 0.0105. The number of methoxy groups -OCH3 is 1. The monoisotopic (exact) mass is 426 g/mol. The second kappa shape index (κ2) is 8.05. The number of ether oxygens (including phenoxy) is 1. The van der Waals surface area contributed by atoms with Gasteiger partial charge in [0.15, 0.2) is 11.3 Å². The van der Waals surface area contributed by atoms with E-state index in [0.717, 1.165) is 12.8 Å². The molecule has 9 heteroatoms. The molecule has 1 amide bonds. The number of para-hydroxylation sites is 1. The highest BCUT2D eigenvalue weighted by molar-refractivity contribution is 5.97. The van der Waals surface area contributed by atoms with Crippen molar-refractivity contribution in [3.63, 3.8) is 0 Å². The number of hydrogen-bond donors (Lipinski definition) is 0. The number of carbonyl (C=O) groups excluding carboxylic acids is 1. The maximum absolute atomic E-state index is 13.2. The first-order valence-corrected chi connectivity index (χ1v) is 10.4. The van der Waals surface area contributed by atoms with E-state index in [2.05, 4.69) is 5.10 Å². The summed E-state index contributed by atoms with van der Waals surface area (Å²) in [5.74, 6) is 0.655. The van der Waals surface area contributed by atoms with Crippen molar-refractivity contribution in [3.8, 4) is 5.75 Å². The Bertz CT molecular complexity index is 1250. The van der Waals surface area contributed by atoms with Gasteiger partial charge in [0.25, 0.3) is 5.91 Å². The first kappa shape index (κ1) is 20.9. The summed E-state index contributed by atoms with van der Waals surface area (Å²) in [6.45, 7) is 4.79. The average Bonchev–Trinajstić information content (AvgIpc) is 3.07. The highest BCUT2D eigenvalue weighted by Gasteiger charge is 2.31. The minimum atomic E-state index is -0.693. The minimum Gasteiger partial charge on any atom is -0.493 e. The van der Waals surface area contributed by atoms with E-state index in [-0.39, 0.29) is 29.1 Å². The zero-order valence-corrected chi connectivity index (χ0v) is 18.1. The summed E-state index contributed by atoms with van der Waals surface area (Å²) >= 11 is 0. The lowest BCUT2D eigenvalue weighted by Gasteiger charge is -2.32. The van der Waals surface area contributed by atoms with Crippen LogP contribution in [0.15, 0.2) is 38.3 Å². The van der Waals surface area contributed by atoms with Crippen molar-refractivity contribution in [2.75, 3.05) is 20.2 Å². The van der Waals surface area contributed by atoms with Gasteiger partial charge in [-0.3, -0.25) is 9.36 Å². The van der Waals surface area contributed by atoms with E-state index in [1.54, 1.807) is 40.8 Å². The van der Waals surface area contributed by atoms with Crippen LogP contribution in [-0.2, 0) is 7.05 Å². The quantitative estimate of drug-likeness (QED) is 0.594. The maximum atomic E-state index is 13.2. The van der Waals surface area contributed by atoms with Crippen molar-refractivity contribution in [2.45, 2.75) is 38.6 Å². The van der Waals surface area contributed by atoms with Crippen molar-refractivity contribution in [1.82, 2.24) is 19.2 Å².